The largest absolute Gasteiger partial charge is 0.339 e. The van der Waals surface area contributed by atoms with Crippen molar-refractivity contribution in [3.05, 3.63) is 83.3 Å². The maximum absolute atomic E-state index is 13.8. The maximum atomic E-state index is 13.8. The van der Waals surface area contributed by atoms with E-state index < -0.39 is 0 Å². The molecule has 0 saturated carbocycles. The van der Waals surface area contributed by atoms with Gasteiger partial charge in [-0.1, -0.05) is 36.4 Å². The van der Waals surface area contributed by atoms with E-state index in [-0.39, 0.29) is 5.82 Å². The van der Waals surface area contributed by atoms with Crippen molar-refractivity contribution in [2.75, 3.05) is 5.32 Å². The van der Waals surface area contributed by atoms with Gasteiger partial charge in [0.1, 0.15) is 23.0 Å². The molecule has 0 fully saturated rings. The first-order valence-electron chi connectivity index (χ1n) is 8.61. The van der Waals surface area contributed by atoms with Crippen LogP contribution in [0, 0.1) is 26.6 Å². The Balaban J connectivity index is 1.97. The molecule has 3 nitrogen and oxygen atoms in total. The fourth-order valence-electron chi connectivity index (χ4n) is 3.29. The SMILES string of the molecule is Cc1cccc(C)c1Nc1c(-c2cccc(F)c2)nc2c(C)cccn12. The highest BCUT2D eigenvalue weighted by atomic mass is 19.1. The Morgan fingerprint density at radius 3 is 2.31 bits per heavy atom. The second-order valence-electron chi connectivity index (χ2n) is 6.60. The Kier molecular flexibility index (Phi) is 3.96. The van der Waals surface area contributed by atoms with Crippen molar-refractivity contribution in [2.24, 2.45) is 0 Å². The highest BCUT2D eigenvalue weighted by Gasteiger charge is 2.17. The van der Waals surface area contributed by atoms with Crippen LogP contribution in [-0.4, -0.2) is 9.38 Å². The minimum absolute atomic E-state index is 0.269. The van der Waals surface area contributed by atoms with Gasteiger partial charge in [-0.15, -0.1) is 0 Å². The fraction of sp³-hybridized carbons (Fsp3) is 0.136. The van der Waals surface area contributed by atoms with Crippen LogP contribution in [0.4, 0.5) is 15.9 Å². The second-order valence-corrected chi connectivity index (χ2v) is 6.60. The molecule has 130 valence electrons. The summed E-state index contributed by atoms with van der Waals surface area (Å²) >= 11 is 0. The van der Waals surface area contributed by atoms with Crippen molar-refractivity contribution in [2.45, 2.75) is 20.8 Å². The number of para-hydroxylation sites is 1. The van der Waals surface area contributed by atoms with Gasteiger partial charge in [-0.25, -0.2) is 9.37 Å². The van der Waals surface area contributed by atoms with Gasteiger partial charge in [0.05, 0.1) is 0 Å². The average Bonchev–Trinajstić information content (AvgIpc) is 2.98. The topological polar surface area (TPSA) is 29.3 Å². The minimum Gasteiger partial charge on any atom is -0.339 e. The van der Waals surface area contributed by atoms with Gasteiger partial charge in [0.2, 0.25) is 0 Å². The first kappa shape index (κ1) is 16.3. The molecule has 0 aliphatic carbocycles. The summed E-state index contributed by atoms with van der Waals surface area (Å²) in [4.78, 5) is 4.81. The van der Waals surface area contributed by atoms with Gasteiger partial charge in [0.15, 0.2) is 0 Å². The van der Waals surface area contributed by atoms with Crippen LogP contribution in [-0.2, 0) is 0 Å². The monoisotopic (exact) mass is 345 g/mol. The maximum Gasteiger partial charge on any atom is 0.143 e. The summed E-state index contributed by atoms with van der Waals surface area (Å²) in [5.74, 6) is 0.570. The smallest absolute Gasteiger partial charge is 0.143 e. The van der Waals surface area contributed by atoms with E-state index in [4.69, 9.17) is 4.98 Å². The molecule has 0 unspecified atom stereocenters. The Bertz CT molecular complexity index is 1090. The Labute approximate surface area is 152 Å². The number of hydrogen-bond donors (Lipinski definition) is 1. The predicted molar refractivity (Wildman–Crippen MR) is 105 cm³/mol. The Hall–Kier alpha value is -3.14. The first-order chi connectivity index (χ1) is 12.5. The van der Waals surface area contributed by atoms with E-state index >= 15 is 0 Å². The summed E-state index contributed by atoms with van der Waals surface area (Å²) in [5, 5.41) is 3.56. The van der Waals surface area contributed by atoms with E-state index in [9.17, 15) is 4.39 Å². The molecule has 0 aliphatic heterocycles. The third kappa shape index (κ3) is 2.73. The van der Waals surface area contributed by atoms with Gasteiger partial charge in [-0.05, 0) is 55.7 Å². The molecule has 1 N–H and O–H groups in total. The highest BCUT2D eigenvalue weighted by Crippen LogP contribution is 2.34. The van der Waals surface area contributed by atoms with Crippen LogP contribution in [0.1, 0.15) is 16.7 Å². The van der Waals surface area contributed by atoms with E-state index in [0.29, 0.717) is 0 Å². The van der Waals surface area contributed by atoms with Crippen molar-refractivity contribution in [3.8, 4) is 11.3 Å². The number of nitrogens with one attached hydrogen (secondary N) is 1. The van der Waals surface area contributed by atoms with Gasteiger partial charge >= 0.3 is 0 Å². The van der Waals surface area contributed by atoms with Gasteiger partial charge < -0.3 is 5.32 Å². The number of nitrogens with zero attached hydrogens (tertiary/aromatic N) is 2. The molecule has 0 radical (unpaired) electrons. The van der Waals surface area contributed by atoms with Crippen molar-refractivity contribution in [1.82, 2.24) is 9.38 Å². The van der Waals surface area contributed by atoms with Crippen LogP contribution in [0.15, 0.2) is 60.8 Å². The van der Waals surface area contributed by atoms with Gasteiger partial charge in [-0.3, -0.25) is 4.40 Å². The van der Waals surface area contributed by atoms with Crippen molar-refractivity contribution < 1.29 is 4.39 Å². The minimum atomic E-state index is -0.269. The number of imidazole rings is 1. The number of aromatic nitrogens is 2. The van der Waals surface area contributed by atoms with E-state index in [0.717, 1.165) is 45.1 Å². The molecular weight excluding hydrogens is 325 g/mol. The van der Waals surface area contributed by atoms with E-state index in [1.807, 2.05) is 41.8 Å². The third-order valence-corrected chi connectivity index (χ3v) is 4.67. The third-order valence-electron chi connectivity index (χ3n) is 4.67. The normalized spacial score (nSPS) is 11.1. The number of rotatable bonds is 3. The molecule has 0 bridgehead atoms. The zero-order valence-corrected chi connectivity index (χ0v) is 15.0. The van der Waals surface area contributed by atoms with Crippen molar-refractivity contribution in [3.63, 3.8) is 0 Å². The second kappa shape index (κ2) is 6.30. The van der Waals surface area contributed by atoms with Crippen molar-refractivity contribution >= 4 is 17.2 Å². The lowest BCUT2D eigenvalue weighted by molar-refractivity contribution is 0.628. The molecule has 2 heterocycles. The van der Waals surface area contributed by atoms with E-state index in [2.05, 4.69) is 31.3 Å². The van der Waals surface area contributed by atoms with Gasteiger partial charge in [0, 0.05) is 17.4 Å². The van der Waals surface area contributed by atoms with Crippen LogP contribution in [0.5, 0.6) is 0 Å². The molecule has 0 saturated heterocycles. The van der Waals surface area contributed by atoms with Crippen LogP contribution >= 0.6 is 0 Å². The number of hydrogen-bond acceptors (Lipinski definition) is 2. The number of pyridine rings is 1. The van der Waals surface area contributed by atoms with Gasteiger partial charge in [-0.2, -0.15) is 0 Å². The zero-order chi connectivity index (χ0) is 18.3. The molecule has 26 heavy (non-hydrogen) atoms. The van der Waals surface area contributed by atoms with Crippen LogP contribution in [0.25, 0.3) is 16.9 Å². The summed E-state index contributed by atoms with van der Waals surface area (Å²) in [6.45, 7) is 6.18. The van der Waals surface area contributed by atoms with E-state index in [1.165, 1.54) is 12.1 Å². The summed E-state index contributed by atoms with van der Waals surface area (Å²) in [5.41, 5.74) is 6.77. The lowest BCUT2D eigenvalue weighted by Crippen LogP contribution is -2.01. The Morgan fingerprint density at radius 1 is 0.885 bits per heavy atom. The quantitative estimate of drug-likeness (QED) is 0.508. The molecule has 4 rings (SSSR count). The highest BCUT2D eigenvalue weighted by molar-refractivity contribution is 5.81. The molecular formula is C22H20FN3. The summed E-state index contributed by atoms with van der Waals surface area (Å²) in [6, 6.07) is 16.8. The number of aryl methyl sites for hydroxylation is 3. The van der Waals surface area contributed by atoms with E-state index in [1.54, 1.807) is 6.07 Å². The molecule has 0 amide bonds. The summed E-state index contributed by atoms with van der Waals surface area (Å²) in [6.07, 6.45) is 1.98. The average molecular weight is 345 g/mol. The molecule has 2 aromatic heterocycles. The van der Waals surface area contributed by atoms with Crippen LogP contribution < -0.4 is 5.32 Å². The molecule has 2 aromatic carbocycles. The molecule has 4 aromatic rings. The number of benzene rings is 2. The molecule has 0 spiro atoms. The number of anilines is 2. The lowest BCUT2D eigenvalue weighted by atomic mass is 10.1. The summed E-state index contributed by atoms with van der Waals surface area (Å²) in [7, 11) is 0. The zero-order valence-electron chi connectivity index (χ0n) is 15.0. The van der Waals surface area contributed by atoms with Crippen LogP contribution in [0.3, 0.4) is 0 Å². The Morgan fingerprint density at radius 2 is 1.58 bits per heavy atom. The molecule has 4 heteroatoms. The predicted octanol–water partition coefficient (Wildman–Crippen LogP) is 5.81. The molecule has 0 atom stereocenters. The van der Waals surface area contributed by atoms with Crippen molar-refractivity contribution in [1.29, 1.82) is 0 Å². The molecule has 0 aliphatic rings. The fourth-order valence-corrected chi connectivity index (χ4v) is 3.29. The number of halogens is 1. The summed E-state index contributed by atoms with van der Waals surface area (Å²) < 4.78 is 15.8. The first-order valence-corrected chi connectivity index (χ1v) is 8.61. The number of fused-ring (bicyclic) bond motifs is 1. The standard InChI is InChI=1S/C22H20FN3/c1-14-7-4-8-15(2)19(14)24-22-20(17-10-5-11-18(23)13-17)25-21-16(3)9-6-12-26(21)22/h4-13,24H,1-3H3. The van der Waals surface area contributed by atoms with Crippen LogP contribution in [0.2, 0.25) is 0 Å². The van der Waals surface area contributed by atoms with Gasteiger partial charge in [0.25, 0.3) is 0 Å². The lowest BCUT2D eigenvalue weighted by Gasteiger charge is -2.14.